The zero-order valence-corrected chi connectivity index (χ0v) is 8.01. The second-order valence-electron chi connectivity index (χ2n) is 1.90. The molecule has 1 nitrogen and oxygen atoms in total. The van der Waals surface area contributed by atoms with Crippen LogP contribution in [0.25, 0.3) is 0 Å². The second-order valence-corrected chi connectivity index (χ2v) is 3.96. The maximum absolute atomic E-state index is 8.44. The van der Waals surface area contributed by atoms with Crippen molar-refractivity contribution < 1.29 is 5.11 Å². The predicted molar refractivity (Wildman–Crippen MR) is 53.1 cm³/mol. The van der Waals surface area contributed by atoms with Gasteiger partial charge in [-0.15, -0.1) is 0 Å². The summed E-state index contributed by atoms with van der Waals surface area (Å²) < 4.78 is 0. The summed E-state index contributed by atoms with van der Waals surface area (Å²) >= 11 is 3.74. The zero-order chi connectivity index (χ0) is 7.66. The molecule has 0 fully saturated rings. The van der Waals surface area contributed by atoms with Crippen LogP contribution in [0.15, 0.2) is 0 Å². The number of hydrogen-bond donors (Lipinski definition) is 1. The largest absolute Gasteiger partial charge is 0.396 e. The first-order valence-electron chi connectivity index (χ1n) is 3.45. The molecule has 0 aromatic rings. The molecule has 0 spiro atoms. The Hall–Kier alpha value is 0.725. The Bertz CT molecular complexity index is 55.7. The van der Waals surface area contributed by atoms with Gasteiger partial charge < -0.3 is 5.11 Å². The van der Waals surface area contributed by atoms with Gasteiger partial charge in [0.25, 0.3) is 0 Å². The quantitative estimate of drug-likeness (QED) is 0.470. The fourth-order valence-corrected chi connectivity index (χ4v) is 2.02. The van der Waals surface area contributed by atoms with Crippen LogP contribution in [-0.4, -0.2) is 36.0 Å². The van der Waals surface area contributed by atoms with Gasteiger partial charge in [0, 0.05) is 12.4 Å². The van der Waals surface area contributed by atoms with Crippen molar-refractivity contribution in [3.8, 4) is 0 Å². The van der Waals surface area contributed by atoms with Crippen molar-refractivity contribution in [2.24, 2.45) is 0 Å². The van der Waals surface area contributed by atoms with E-state index in [1.807, 2.05) is 23.4 Å². The molecule has 0 aromatic carbocycles. The van der Waals surface area contributed by atoms with E-state index in [1.54, 1.807) is 0 Å². The minimum absolute atomic E-state index is 0.319. The Kier molecular flexibility index (Phi) is 10.4. The molecule has 1 N–H and O–H groups in total. The maximum atomic E-state index is 8.44. The lowest BCUT2D eigenvalue weighted by Crippen LogP contribution is -1.91. The van der Waals surface area contributed by atoms with Crippen molar-refractivity contribution in [2.45, 2.75) is 12.7 Å². The van der Waals surface area contributed by atoms with Crippen LogP contribution in [0.3, 0.4) is 0 Å². The fourth-order valence-electron chi connectivity index (χ4n) is 0.473. The molecule has 0 bridgehead atoms. The molecule has 0 aromatic heterocycles. The van der Waals surface area contributed by atoms with Gasteiger partial charge >= 0.3 is 0 Å². The van der Waals surface area contributed by atoms with Gasteiger partial charge in [0.05, 0.1) is 0 Å². The summed E-state index contributed by atoms with van der Waals surface area (Å²) in [6.07, 6.45) is 4.07. The standard InChI is InChI=1S/C6H14BOS2/c1-9-5-6-10-7-3-2-4-8/h8H,2-6H2,1H3. The Morgan fingerprint density at radius 3 is 2.80 bits per heavy atom. The second kappa shape index (κ2) is 9.72. The van der Waals surface area contributed by atoms with Crippen LogP contribution < -0.4 is 0 Å². The van der Waals surface area contributed by atoms with Crippen LogP contribution in [0.2, 0.25) is 6.32 Å². The molecule has 0 saturated carbocycles. The van der Waals surface area contributed by atoms with Crippen LogP contribution in [0.5, 0.6) is 0 Å². The van der Waals surface area contributed by atoms with E-state index in [0.717, 1.165) is 12.7 Å². The zero-order valence-electron chi connectivity index (χ0n) is 6.38. The third kappa shape index (κ3) is 8.72. The average Bonchev–Trinajstić information content (AvgIpc) is 1.97. The summed E-state index contributed by atoms with van der Waals surface area (Å²) in [5.74, 6) is 2.42. The van der Waals surface area contributed by atoms with E-state index in [1.165, 1.54) is 11.5 Å². The Balaban J connectivity index is 2.65. The summed E-state index contributed by atoms with van der Waals surface area (Å²) in [6.45, 7) is 2.51. The highest BCUT2D eigenvalue weighted by molar-refractivity contribution is 8.22. The number of aliphatic hydroxyl groups excluding tert-OH is 1. The van der Waals surface area contributed by atoms with Gasteiger partial charge in [0.2, 0.25) is 0 Å². The maximum Gasteiger partial charge on any atom is 0.192 e. The summed E-state index contributed by atoms with van der Waals surface area (Å²) in [5.41, 5.74) is 0. The first-order valence-corrected chi connectivity index (χ1v) is 5.89. The Labute approximate surface area is 72.5 Å². The van der Waals surface area contributed by atoms with Gasteiger partial charge in [0.1, 0.15) is 0 Å². The number of hydrogen-bond acceptors (Lipinski definition) is 3. The first-order chi connectivity index (χ1) is 4.91. The van der Waals surface area contributed by atoms with Gasteiger partial charge in [-0.2, -0.15) is 11.8 Å². The van der Waals surface area contributed by atoms with Gasteiger partial charge in [-0.05, 0) is 18.4 Å². The number of thioether (sulfide) groups is 1. The SMILES string of the molecule is CSCCS[B]CCCO. The molecule has 59 valence electrons. The van der Waals surface area contributed by atoms with Crippen molar-refractivity contribution in [1.29, 1.82) is 0 Å². The lowest BCUT2D eigenvalue weighted by molar-refractivity contribution is 0.295. The van der Waals surface area contributed by atoms with Crippen LogP contribution in [0.1, 0.15) is 6.42 Å². The Morgan fingerprint density at radius 2 is 2.20 bits per heavy atom. The average molecular weight is 177 g/mol. The summed E-state index contributed by atoms with van der Waals surface area (Å²) in [6, 6.07) is 0. The lowest BCUT2D eigenvalue weighted by Gasteiger charge is -1.96. The highest BCUT2D eigenvalue weighted by atomic mass is 32.2. The highest BCUT2D eigenvalue weighted by Gasteiger charge is 1.90. The number of rotatable bonds is 7. The first kappa shape index (κ1) is 10.7. The van der Waals surface area contributed by atoms with Crippen LogP contribution in [0, 0.1) is 0 Å². The van der Waals surface area contributed by atoms with E-state index in [4.69, 9.17) is 5.11 Å². The van der Waals surface area contributed by atoms with Crippen molar-refractivity contribution in [3.63, 3.8) is 0 Å². The fraction of sp³-hybridized carbons (Fsp3) is 1.00. The van der Waals surface area contributed by atoms with Gasteiger partial charge in [-0.1, -0.05) is 6.32 Å². The molecule has 0 aliphatic heterocycles. The summed E-state index contributed by atoms with van der Waals surface area (Å²) in [5, 5.41) is 8.44. The van der Waals surface area contributed by atoms with Crippen molar-refractivity contribution in [3.05, 3.63) is 0 Å². The van der Waals surface area contributed by atoms with Crippen molar-refractivity contribution in [1.82, 2.24) is 0 Å². The molecule has 1 radical (unpaired) electrons. The van der Waals surface area contributed by atoms with Crippen LogP contribution in [0.4, 0.5) is 0 Å². The molecule has 0 aliphatic rings. The van der Waals surface area contributed by atoms with Crippen LogP contribution >= 0.6 is 23.4 Å². The molecule has 0 heterocycles. The molecular formula is C6H14BOS2. The van der Waals surface area contributed by atoms with Gasteiger partial charge in [0.15, 0.2) is 6.56 Å². The highest BCUT2D eigenvalue weighted by Crippen LogP contribution is 2.04. The molecule has 0 rings (SSSR count). The monoisotopic (exact) mass is 177 g/mol. The van der Waals surface area contributed by atoms with Crippen molar-refractivity contribution >= 4 is 29.9 Å². The van der Waals surface area contributed by atoms with Gasteiger partial charge in [-0.25, -0.2) is 11.6 Å². The molecule has 4 heteroatoms. The minimum Gasteiger partial charge on any atom is -0.396 e. The number of aliphatic hydroxyl groups is 1. The smallest absolute Gasteiger partial charge is 0.192 e. The van der Waals surface area contributed by atoms with E-state index in [0.29, 0.717) is 6.61 Å². The molecule has 10 heavy (non-hydrogen) atoms. The molecule has 0 aliphatic carbocycles. The summed E-state index contributed by atoms with van der Waals surface area (Å²) in [4.78, 5) is 0. The Morgan fingerprint density at radius 1 is 1.40 bits per heavy atom. The normalized spacial score (nSPS) is 9.80. The summed E-state index contributed by atoms with van der Waals surface area (Å²) in [7, 11) is 0. The molecule has 0 unspecified atom stereocenters. The third-order valence-electron chi connectivity index (χ3n) is 1.00. The van der Waals surface area contributed by atoms with Crippen molar-refractivity contribution in [2.75, 3.05) is 24.4 Å². The van der Waals surface area contributed by atoms with E-state index < -0.39 is 0 Å². The van der Waals surface area contributed by atoms with E-state index in [9.17, 15) is 0 Å². The molecular weight excluding hydrogens is 163 g/mol. The molecule has 0 atom stereocenters. The third-order valence-corrected chi connectivity index (χ3v) is 2.79. The lowest BCUT2D eigenvalue weighted by atomic mass is 10.0. The van der Waals surface area contributed by atoms with E-state index >= 15 is 0 Å². The topological polar surface area (TPSA) is 20.2 Å². The van der Waals surface area contributed by atoms with Gasteiger partial charge in [-0.3, -0.25) is 0 Å². The molecule has 0 saturated heterocycles. The van der Waals surface area contributed by atoms with Crippen LogP contribution in [-0.2, 0) is 0 Å². The minimum atomic E-state index is 0.319. The molecule has 0 amide bonds. The predicted octanol–water partition coefficient (Wildman–Crippen LogP) is 1.50. The van der Waals surface area contributed by atoms with E-state index in [2.05, 4.69) is 12.8 Å². The van der Waals surface area contributed by atoms with E-state index in [-0.39, 0.29) is 0 Å².